The number of hydrogen-bond acceptors (Lipinski definition) is 3. The maximum atomic E-state index is 5.69. The highest BCUT2D eigenvalue weighted by atomic mass is 16.5. The van der Waals surface area contributed by atoms with E-state index < -0.39 is 0 Å². The molecule has 0 radical (unpaired) electrons. The summed E-state index contributed by atoms with van der Waals surface area (Å²) in [7, 11) is 0. The van der Waals surface area contributed by atoms with Crippen LogP contribution in [0, 0.1) is 0 Å². The van der Waals surface area contributed by atoms with Crippen LogP contribution in [-0.4, -0.2) is 18.1 Å². The Balaban J connectivity index is 2.19. The van der Waals surface area contributed by atoms with Gasteiger partial charge in [0, 0.05) is 18.8 Å². The third-order valence-corrected chi connectivity index (χ3v) is 2.61. The summed E-state index contributed by atoms with van der Waals surface area (Å²) in [5, 5.41) is 3.18. The molecule has 0 amide bonds. The molecule has 0 bridgehead atoms. The zero-order valence-electron chi connectivity index (χ0n) is 11.0. The van der Waals surface area contributed by atoms with E-state index in [2.05, 4.69) is 24.1 Å². The molecule has 0 saturated heterocycles. The van der Waals surface area contributed by atoms with Crippen molar-refractivity contribution in [1.82, 2.24) is 4.98 Å². The number of anilines is 1. The molecular weight excluding hydrogens is 212 g/mol. The Bertz CT molecular complexity index is 302. The molecule has 0 aliphatic carbocycles. The summed E-state index contributed by atoms with van der Waals surface area (Å²) in [6.07, 6.45) is 8.12. The van der Waals surface area contributed by atoms with Crippen LogP contribution in [0.3, 0.4) is 0 Å². The predicted molar refractivity (Wildman–Crippen MR) is 72.7 cm³/mol. The second-order valence-electron chi connectivity index (χ2n) is 4.17. The highest BCUT2D eigenvalue weighted by Gasteiger charge is 1.97. The molecular formula is C14H24N2O. The van der Waals surface area contributed by atoms with Crippen LogP contribution in [0.4, 0.5) is 5.82 Å². The number of unbranched alkanes of at least 4 members (excludes halogenated alkanes) is 4. The van der Waals surface area contributed by atoms with Crippen LogP contribution in [0.15, 0.2) is 18.3 Å². The maximum absolute atomic E-state index is 5.69. The van der Waals surface area contributed by atoms with E-state index in [0.29, 0.717) is 0 Å². The smallest absolute Gasteiger partial charge is 0.129 e. The Labute approximate surface area is 105 Å². The standard InChI is InChI=1S/C14H24N2O/c1-3-5-6-7-8-11-17-13-9-10-16-14(12-13)15-4-2/h9-10,12H,3-8,11H2,1-2H3,(H,15,16). The fourth-order valence-electron chi connectivity index (χ4n) is 1.67. The van der Waals surface area contributed by atoms with Crippen LogP contribution in [0.2, 0.25) is 0 Å². The largest absolute Gasteiger partial charge is 0.493 e. The molecule has 0 aromatic carbocycles. The first kappa shape index (κ1) is 13.8. The first-order valence-electron chi connectivity index (χ1n) is 6.69. The third-order valence-electron chi connectivity index (χ3n) is 2.61. The molecule has 0 spiro atoms. The van der Waals surface area contributed by atoms with E-state index in [1.165, 1.54) is 25.7 Å². The van der Waals surface area contributed by atoms with Gasteiger partial charge >= 0.3 is 0 Å². The molecule has 0 saturated carbocycles. The fraction of sp³-hybridized carbons (Fsp3) is 0.643. The lowest BCUT2D eigenvalue weighted by atomic mass is 10.2. The van der Waals surface area contributed by atoms with E-state index in [4.69, 9.17) is 4.74 Å². The summed E-state index contributed by atoms with van der Waals surface area (Å²) in [4.78, 5) is 4.21. The Hall–Kier alpha value is -1.25. The summed E-state index contributed by atoms with van der Waals surface area (Å²) in [6, 6.07) is 3.86. The molecule has 1 heterocycles. The lowest BCUT2D eigenvalue weighted by molar-refractivity contribution is 0.304. The number of nitrogens with zero attached hydrogens (tertiary/aromatic N) is 1. The summed E-state index contributed by atoms with van der Waals surface area (Å²) in [5.74, 6) is 1.79. The summed E-state index contributed by atoms with van der Waals surface area (Å²) < 4.78 is 5.69. The monoisotopic (exact) mass is 236 g/mol. The van der Waals surface area contributed by atoms with Gasteiger partial charge in [0.15, 0.2) is 0 Å². The van der Waals surface area contributed by atoms with Gasteiger partial charge in [0.2, 0.25) is 0 Å². The molecule has 1 aromatic rings. The maximum Gasteiger partial charge on any atom is 0.129 e. The van der Waals surface area contributed by atoms with Crippen molar-refractivity contribution in [3.8, 4) is 5.75 Å². The predicted octanol–water partition coefficient (Wildman–Crippen LogP) is 3.86. The van der Waals surface area contributed by atoms with Gasteiger partial charge in [-0.2, -0.15) is 0 Å². The number of nitrogens with one attached hydrogen (secondary N) is 1. The molecule has 1 N–H and O–H groups in total. The van der Waals surface area contributed by atoms with Gasteiger partial charge in [-0.3, -0.25) is 0 Å². The SMILES string of the molecule is CCCCCCCOc1ccnc(NCC)c1. The van der Waals surface area contributed by atoms with Gasteiger partial charge in [-0.15, -0.1) is 0 Å². The van der Waals surface area contributed by atoms with Crippen molar-refractivity contribution in [2.75, 3.05) is 18.5 Å². The third kappa shape index (κ3) is 6.15. The molecule has 96 valence electrons. The molecule has 0 aliphatic rings. The van der Waals surface area contributed by atoms with E-state index in [0.717, 1.165) is 31.1 Å². The van der Waals surface area contributed by atoms with Crippen molar-refractivity contribution in [2.24, 2.45) is 0 Å². The van der Waals surface area contributed by atoms with Crippen molar-refractivity contribution >= 4 is 5.82 Å². The van der Waals surface area contributed by atoms with Crippen LogP contribution in [0.1, 0.15) is 46.0 Å². The quantitative estimate of drug-likeness (QED) is 0.661. The highest BCUT2D eigenvalue weighted by molar-refractivity contribution is 5.40. The lowest BCUT2D eigenvalue weighted by Gasteiger charge is -2.07. The molecule has 3 heteroatoms. The van der Waals surface area contributed by atoms with Crippen LogP contribution in [-0.2, 0) is 0 Å². The molecule has 0 fully saturated rings. The average molecular weight is 236 g/mol. The first-order valence-corrected chi connectivity index (χ1v) is 6.69. The van der Waals surface area contributed by atoms with Gasteiger partial charge in [0.25, 0.3) is 0 Å². The minimum atomic E-state index is 0.805. The Morgan fingerprint density at radius 3 is 2.76 bits per heavy atom. The summed E-state index contributed by atoms with van der Waals surface area (Å²) >= 11 is 0. The zero-order valence-corrected chi connectivity index (χ0v) is 11.0. The Morgan fingerprint density at radius 1 is 1.18 bits per heavy atom. The van der Waals surface area contributed by atoms with Crippen molar-refractivity contribution in [1.29, 1.82) is 0 Å². The number of aromatic nitrogens is 1. The zero-order chi connectivity index (χ0) is 12.3. The number of pyridine rings is 1. The highest BCUT2D eigenvalue weighted by Crippen LogP contribution is 2.15. The van der Waals surface area contributed by atoms with Gasteiger partial charge in [-0.25, -0.2) is 4.98 Å². The summed E-state index contributed by atoms with van der Waals surface area (Å²) in [6.45, 7) is 5.98. The van der Waals surface area contributed by atoms with Gasteiger partial charge in [0.05, 0.1) is 6.61 Å². The molecule has 1 aromatic heterocycles. The minimum Gasteiger partial charge on any atom is -0.493 e. The molecule has 0 unspecified atom stereocenters. The number of rotatable bonds is 9. The molecule has 0 atom stereocenters. The first-order chi connectivity index (χ1) is 8.36. The van der Waals surface area contributed by atoms with Crippen LogP contribution < -0.4 is 10.1 Å². The number of hydrogen-bond donors (Lipinski definition) is 1. The topological polar surface area (TPSA) is 34.1 Å². The molecule has 0 aliphatic heterocycles. The van der Waals surface area contributed by atoms with Crippen LogP contribution >= 0.6 is 0 Å². The second kappa shape index (κ2) is 8.85. The number of ether oxygens (including phenoxy) is 1. The Kier molecular flexibility index (Phi) is 7.19. The molecule has 17 heavy (non-hydrogen) atoms. The Morgan fingerprint density at radius 2 is 2.00 bits per heavy atom. The summed E-state index contributed by atoms with van der Waals surface area (Å²) in [5.41, 5.74) is 0. The van der Waals surface area contributed by atoms with E-state index in [1.807, 2.05) is 12.1 Å². The average Bonchev–Trinajstić information content (AvgIpc) is 2.35. The van der Waals surface area contributed by atoms with Gasteiger partial charge < -0.3 is 10.1 Å². The lowest BCUT2D eigenvalue weighted by Crippen LogP contribution is -2.01. The van der Waals surface area contributed by atoms with Crippen LogP contribution in [0.5, 0.6) is 5.75 Å². The van der Waals surface area contributed by atoms with E-state index >= 15 is 0 Å². The van der Waals surface area contributed by atoms with E-state index in [1.54, 1.807) is 6.20 Å². The fourth-order valence-corrected chi connectivity index (χ4v) is 1.67. The molecule has 3 nitrogen and oxygen atoms in total. The van der Waals surface area contributed by atoms with Gasteiger partial charge in [0.1, 0.15) is 11.6 Å². The van der Waals surface area contributed by atoms with Crippen molar-refractivity contribution in [2.45, 2.75) is 46.0 Å². The van der Waals surface area contributed by atoms with Gasteiger partial charge in [-0.05, 0) is 19.4 Å². The van der Waals surface area contributed by atoms with E-state index in [9.17, 15) is 0 Å². The second-order valence-corrected chi connectivity index (χ2v) is 4.17. The van der Waals surface area contributed by atoms with Crippen molar-refractivity contribution < 1.29 is 4.74 Å². The van der Waals surface area contributed by atoms with Crippen LogP contribution in [0.25, 0.3) is 0 Å². The minimum absolute atomic E-state index is 0.805. The molecule has 1 rings (SSSR count). The normalized spacial score (nSPS) is 10.2. The van der Waals surface area contributed by atoms with Crippen molar-refractivity contribution in [3.63, 3.8) is 0 Å². The van der Waals surface area contributed by atoms with E-state index in [-0.39, 0.29) is 0 Å². The van der Waals surface area contributed by atoms with Crippen molar-refractivity contribution in [3.05, 3.63) is 18.3 Å². The van der Waals surface area contributed by atoms with Gasteiger partial charge in [-0.1, -0.05) is 32.6 Å².